The Hall–Kier alpha value is -6.97. The van der Waals surface area contributed by atoms with Gasteiger partial charge >= 0.3 is 0 Å². The van der Waals surface area contributed by atoms with Gasteiger partial charge in [0, 0.05) is 34.3 Å². The van der Waals surface area contributed by atoms with Gasteiger partial charge in [0.2, 0.25) is 0 Å². The molecule has 0 radical (unpaired) electrons. The average molecular weight is 662 g/mol. The van der Waals surface area contributed by atoms with Gasteiger partial charge in [-0.3, -0.25) is 9.97 Å². The van der Waals surface area contributed by atoms with E-state index in [9.17, 15) is 0 Å². The Bertz CT molecular complexity index is 2770. The highest BCUT2D eigenvalue weighted by Crippen LogP contribution is 2.39. The minimum atomic E-state index is 0.932. The standard InChI is InChI=1S/C49H31N3/c1-3-11-34-25-36(19-17-32(34)9-1)48-30-39(31-49(52-48)37-20-18-33-10-2-4-12-35(33)26-37)38-27-40(42-21-23-50-46-15-7-5-13-44(42)46)29-41(28-38)43-22-24-51-47-16-8-6-14-45(43)47/h1-31H. The maximum atomic E-state index is 5.34. The average Bonchev–Trinajstić information content (AvgIpc) is 3.22. The van der Waals surface area contributed by atoms with Crippen LogP contribution in [0.15, 0.2) is 188 Å². The van der Waals surface area contributed by atoms with Crippen LogP contribution in [0, 0.1) is 0 Å². The molecule has 0 fully saturated rings. The van der Waals surface area contributed by atoms with E-state index in [0.717, 1.165) is 77.7 Å². The lowest BCUT2D eigenvalue weighted by Gasteiger charge is -2.16. The molecule has 52 heavy (non-hydrogen) atoms. The summed E-state index contributed by atoms with van der Waals surface area (Å²) >= 11 is 0. The lowest BCUT2D eigenvalue weighted by molar-refractivity contribution is 1.33. The second kappa shape index (κ2) is 12.4. The van der Waals surface area contributed by atoms with Crippen molar-refractivity contribution in [3.8, 4) is 55.9 Å². The summed E-state index contributed by atoms with van der Waals surface area (Å²) in [6.07, 6.45) is 3.82. The third kappa shape index (κ3) is 5.37. The molecule has 0 atom stereocenters. The second-order valence-corrected chi connectivity index (χ2v) is 13.3. The zero-order chi connectivity index (χ0) is 34.4. The van der Waals surface area contributed by atoms with Crippen molar-refractivity contribution in [2.45, 2.75) is 0 Å². The molecule has 0 bridgehead atoms. The molecule has 3 aromatic heterocycles. The number of fused-ring (bicyclic) bond motifs is 4. The van der Waals surface area contributed by atoms with Gasteiger partial charge in [-0.25, -0.2) is 4.98 Å². The minimum Gasteiger partial charge on any atom is -0.256 e. The molecule has 10 rings (SSSR count). The van der Waals surface area contributed by atoms with Gasteiger partial charge in [0.15, 0.2) is 0 Å². The molecule has 3 heterocycles. The fourth-order valence-corrected chi connectivity index (χ4v) is 7.49. The molecule has 7 aromatic carbocycles. The van der Waals surface area contributed by atoms with E-state index in [-0.39, 0.29) is 0 Å². The summed E-state index contributed by atoms with van der Waals surface area (Å²) in [5.41, 5.74) is 12.7. The van der Waals surface area contributed by atoms with Gasteiger partial charge in [-0.2, -0.15) is 0 Å². The van der Waals surface area contributed by atoms with Gasteiger partial charge in [-0.05, 0) is 122 Å². The molecule has 0 saturated heterocycles. The van der Waals surface area contributed by atoms with E-state index in [1.165, 1.54) is 21.5 Å². The van der Waals surface area contributed by atoms with Gasteiger partial charge in [-0.1, -0.05) is 109 Å². The fourth-order valence-electron chi connectivity index (χ4n) is 7.49. The van der Waals surface area contributed by atoms with Crippen LogP contribution in [0.5, 0.6) is 0 Å². The van der Waals surface area contributed by atoms with E-state index >= 15 is 0 Å². The number of para-hydroxylation sites is 2. The molecular formula is C49H31N3. The predicted octanol–water partition coefficient (Wildman–Crippen LogP) is 12.8. The van der Waals surface area contributed by atoms with Crippen LogP contribution in [0.4, 0.5) is 0 Å². The zero-order valence-electron chi connectivity index (χ0n) is 28.2. The normalized spacial score (nSPS) is 11.5. The van der Waals surface area contributed by atoms with Gasteiger partial charge in [-0.15, -0.1) is 0 Å². The third-order valence-electron chi connectivity index (χ3n) is 10.1. The number of hydrogen-bond donors (Lipinski definition) is 0. The number of aromatic nitrogens is 3. The summed E-state index contributed by atoms with van der Waals surface area (Å²) < 4.78 is 0. The Kier molecular flexibility index (Phi) is 7.14. The number of hydrogen-bond acceptors (Lipinski definition) is 3. The van der Waals surface area contributed by atoms with Gasteiger partial charge in [0.05, 0.1) is 22.4 Å². The molecule has 0 aliphatic heterocycles. The Morgan fingerprint density at radius 3 is 1.23 bits per heavy atom. The van der Waals surface area contributed by atoms with Crippen molar-refractivity contribution in [3.63, 3.8) is 0 Å². The Morgan fingerprint density at radius 1 is 0.288 bits per heavy atom. The predicted molar refractivity (Wildman–Crippen MR) is 217 cm³/mol. The smallest absolute Gasteiger partial charge is 0.0715 e. The monoisotopic (exact) mass is 661 g/mol. The van der Waals surface area contributed by atoms with Crippen molar-refractivity contribution in [1.82, 2.24) is 15.0 Å². The summed E-state index contributed by atoms with van der Waals surface area (Å²) in [6, 6.07) is 62.7. The van der Waals surface area contributed by atoms with Crippen LogP contribution in [0.3, 0.4) is 0 Å². The molecule has 242 valence electrons. The fraction of sp³-hybridized carbons (Fsp3) is 0. The lowest BCUT2D eigenvalue weighted by atomic mass is 9.90. The molecule has 0 unspecified atom stereocenters. The van der Waals surface area contributed by atoms with Crippen LogP contribution in [-0.4, -0.2) is 15.0 Å². The Labute approximate surface area is 301 Å². The highest BCUT2D eigenvalue weighted by Gasteiger charge is 2.15. The molecule has 3 heteroatoms. The van der Waals surface area contributed by atoms with Crippen molar-refractivity contribution in [1.29, 1.82) is 0 Å². The highest BCUT2D eigenvalue weighted by molar-refractivity contribution is 6.00. The number of benzene rings is 7. The van der Waals surface area contributed by atoms with Gasteiger partial charge in [0.1, 0.15) is 0 Å². The minimum absolute atomic E-state index is 0.932. The van der Waals surface area contributed by atoms with Crippen LogP contribution in [0.2, 0.25) is 0 Å². The first kappa shape index (κ1) is 29.9. The van der Waals surface area contributed by atoms with Gasteiger partial charge < -0.3 is 0 Å². The molecule has 0 N–H and O–H groups in total. The topological polar surface area (TPSA) is 38.7 Å². The lowest BCUT2D eigenvalue weighted by Crippen LogP contribution is -1.93. The summed E-state index contributed by atoms with van der Waals surface area (Å²) in [6.45, 7) is 0. The molecule has 10 aromatic rings. The third-order valence-corrected chi connectivity index (χ3v) is 10.1. The van der Waals surface area contributed by atoms with Crippen molar-refractivity contribution in [3.05, 3.63) is 188 Å². The zero-order valence-corrected chi connectivity index (χ0v) is 28.2. The van der Waals surface area contributed by atoms with Crippen molar-refractivity contribution >= 4 is 43.4 Å². The molecule has 0 saturated carbocycles. The summed E-state index contributed by atoms with van der Waals surface area (Å²) in [5, 5.41) is 7.05. The van der Waals surface area contributed by atoms with Gasteiger partial charge in [0.25, 0.3) is 0 Å². The number of pyridine rings is 3. The molecule has 0 spiro atoms. The summed E-state index contributed by atoms with van der Waals surface area (Å²) in [5.74, 6) is 0. The van der Waals surface area contributed by atoms with Crippen LogP contribution < -0.4 is 0 Å². The van der Waals surface area contributed by atoms with Crippen LogP contribution in [-0.2, 0) is 0 Å². The van der Waals surface area contributed by atoms with Crippen LogP contribution >= 0.6 is 0 Å². The first-order valence-corrected chi connectivity index (χ1v) is 17.6. The maximum absolute atomic E-state index is 5.34. The molecule has 0 aliphatic carbocycles. The molecular weight excluding hydrogens is 631 g/mol. The van der Waals surface area contributed by atoms with E-state index in [1.807, 2.05) is 24.5 Å². The number of rotatable bonds is 5. The quantitative estimate of drug-likeness (QED) is 0.184. The molecule has 0 aliphatic rings. The summed E-state index contributed by atoms with van der Waals surface area (Å²) in [4.78, 5) is 14.7. The molecule has 0 amide bonds. The highest BCUT2D eigenvalue weighted by atomic mass is 14.7. The van der Waals surface area contributed by atoms with Crippen molar-refractivity contribution in [2.75, 3.05) is 0 Å². The Balaban J connectivity index is 1.24. The van der Waals surface area contributed by atoms with E-state index in [2.05, 4.69) is 174 Å². The Morgan fingerprint density at radius 2 is 0.712 bits per heavy atom. The maximum Gasteiger partial charge on any atom is 0.0715 e. The number of nitrogens with zero attached hydrogens (tertiary/aromatic N) is 3. The van der Waals surface area contributed by atoms with E-state index < -0.39 is 0 Å². The van der Waals surface area contributed by atoms with Crippen molar-refractivity contribution in [2.24, 2.45) is 0 Å². The largest absolute Gasteiger partial charge is 0.256 e. The van der Waals surface area contributed by atoms with E-state index in [1.54, 1.807) is 0 Å². The van der Waals surface area contributed by atoms with Crippen LogP contribution in [0.25, 0.3) is 99.2 Å². The van der Waals surface area contributed by atoms with E-state index in [4.69, 9.17) is 4.98 Å². The first-order valence-electron chi connectivity index (χ1n) is 17.6. The summed E-state index contributed by atoms with van der Waals surface area (Å²) in [7, 11) is 0. The second-order valence-electron chi connectivity index (χ2n) is 13.3. The van der Waals surface area contributed by atoms with Crippen molar-refractivity contribution < 1.29 is 0 Å². The molecule has 3 nitrogen and oxygen atoms in total. The first-order chi connectivity index (χ1) is 25.7. The SMILES string of the molecule is c1ccc2cc(-c3cc(-c4cc(-c5ccnc6ccccc56)cc(-c5ccnc6ccccc56)c4)cc(-c4ccc5ccccc5c4)n3)ccc2c1. The van der Waals surface area contributed by atoms with E-state index in [0.29, 0.717) is 0 Å². The van der Waals surface area contributed by atoms with Crippen LogP contribution in [0.1, 0.15) is 0 Å².